The predicted molar refractivity (Wildman–Crippen MR) is 101 cm³/mol. The molecule has 0 saturated carbocycles. The Morgan fingerprint density at radius 1 is 1.24 bits per heavy atom. The average molecular weight is 338 g/mol. The Kier molecular flexibility index (Phi) is 5.71. The summed E-state index contributed by atoms with van der Waals surface area (Å²) in [4.78, 5) is 14.2. The van der Waals surface area contributed by atoms with Gasteiger partial charge in [-0.1, -0.05) is 42.5 Å². The Hall–Kier alpha value is -2.33. The van der Waals surface area contributed by atoms with Gasteiger partial charge in [0, 0.05) is 32.2 Å². The monoisotopic (exact) mass is 338 g/mol. The van der Waals surface area contributed by atoms with Gasteiger partial charge < -0.3 is 15.3 Å². The van der Waals surface area contributed by atoms with Crippen LogP contribution in [0.3, 0.4) is 0 Å². The van der Waals surface area contributed by atoms with Crippen LogP contribution in [0.1, 0.15) is 35.6 Å². The minimum absolute atomic E-state index is 0.00382. The number of nitrogens with zero attached hydrogens (tertiary/aromatic N) is 1. The van der Waals surface area contributed by atoms with Gasteiger partial charge in [-0.25, -0.2) is 0 Å². The van der Waals surface area contributed by atoms with E-state index in [1.54, 1.807) is 0 Å². The minimum Gasteiger partial charge on any atom is -0.387 e. The molecule has 0 fully saturated rings. The second-order valence-corrected chi connectivity index (χ2v) is 6.72. The highest BCUT2D eigenvalue weighted by atomic mass is 16.3. The fourth-order valence-electron chi connectivity index (χ4n) is 3.31. The first kappa shape index (κ1) is 17.5. The van der Waals surface area contributed by atoms with Crippen molar-refractivity contribution in [2.24, 2.45) is 0 Å². The fourth-order valence-corrected chi connectivity index (χ4v) is 3.31. The smallest absolute Gasteiger partial charge is 0.220 e. The summed E-state index contributed by atoms with van der Waals surface area (Å²) in [6.07, 6.45) is 2.55. The van der Waals surface area contributed by atoms with E-state index >= 15 is 0 Å². The number of likely N-dealkylation sites (N-methyl/N-ethyl adjacent to an activating group) is 1. The van der Waals surface area contributed by atoms with Crippen LogP contribution in [0.25, 0.3) is 0 Å². The lowest BCUT2D eigenvalue weighted by Crippen LogP contribution is -2.28. The molecule has 2 aromatic rings. The molecular formula is C21H26N2O2. The van der Waals surface area contributed by atoms with Gasteiger partial charge in [0.15, 0.2) is 0 Å². The molecule has 2 N–H and O–H groups in total. The van der Waals surface area contributed by atoms with Crippen LogP contribution < -0.4 is 10.2 Å². The van der Waals surface area contributed by atoms with Crippen molar-refractivity contribution >= 4 is 11.6 Å². The molecule has 4 nitrogen and oxygen atoms in total. The van der Waals surface area contributed by atoms with E-state index in [-0.39, 0.29) is 12.5 Å². The maximum atomic E-state index is 12.0. The molecule has 25 heavy (non-hydrogen) atoms. The van der Waals surface area contributed by atoms with Crippen molar-refractivity contribution in [2.45, 2.75) is 31.8 Å². The van der Waals surface area contributed by atoms with E-state index < -0.39 is 6.10 Å². The summed E-state index contributed by atoms with van der Waals surface area (Å²) in [5, 5.41) is 13.2. The van der Waals surface area contributed by atoms with Gasteiger partial charge in [-0.05, 0) is 42.0 Å². The predicted octanol–water partition coefficient (Wildman–Crippen LogP) is 2.85. The molecule has 1 atom stereocenters. The van der Waals surface area contributed by atoms with Gasteiger partial charge in [0.2, 0.25) is 5.91 Å². The van der Waals surface area contributed by atoms with E-state index in [9.17, 15) is 9.90 Å². The van der Waals surface area contributed by atoms with E-state index in [1.807, 2.05) is 24.3 Å². The van der Waals surface area contributed by atoms with E-state index in [2.05, 4.69) is 41.5 Å². The second-order valence-electron chi connectivity index (χ2n) is 6.72. The number of aryl methyl sites for hydroxylation is 1. The van der Waals surface area contributed by atoms with E-state index in [0.717, 1.165) is 31.4 Å². The van der Waals surface area contributed by atoms with Crippen LogP contribution in [-0.2, 0) is 17.6 Å². The molecule has 1 aliphatic heterocycles. The van der Waals surface area contributed by atoms with Crippen molar-refractivity contribution in [3.8, 4) is 0 Å². The van der Waals surface area contributed by atoms with Crippen molar-refractivity contribution in [1.82, 2.24) is 5.32 Å². The molecule has 1 amide bonds. The summed E-state index contributed by atoms with van der Waals surface area (Å²) in [7, 11) is 2.08. The molecular weight excluding hydrogens is 312 g/mol. The molecule has 2 aromatic carbocycles. The van der Waals surface area contributed by atoms with Crippen LogP contribution >= 0.6 is 0 Å². The van der Waals surface area contributed by atoms with Crippen molar-refractivity contribution in [2.75, 3.05) is 25.0 Å². The number of fused-ring (bicyclic) bond motifs is 1. The quantitative estimate of drug-likeness (QED) is 0.816. The van der Waals surface area contributed by atoms with Crippen LogP contribution in [0.15, 0.2) is 48.5 Å². The molecule has 1 heterocycles. The summed E-state index contributed by atoms with van der Waals surface area (Å²) in [6, 6.07) is 16.2. The third kappa shape index (κ3) is 4.60. The highest BCUT2D eigenvalue weighted by Crippen LogP contribution is 2.29. The van der Waals surface area contributed by atoms with E-state index in [1.165, 1.54) is 16.8 Å². The van der Waals surface area contributed by atoms with E-state index in [4.69, 9.17) is 0 Å². The van der Waals surface area contributed by atoms with Crippen molar-refractivity contribution in [3.63, 3.8) is 0 Å². The van der Waals surface area contributed by atoms with Gasteiger partial charge >= 0.3 is 0 Å². The number of aliphatic hydroxyl groups is 1. The van der Waals surface area contributed by atoms with Crippen LogP contribution in [0.5, 0.6) is 0 Å². The molecule has 0 bridgehead atoms. The number of hydrogen-bond acceptors (Lipinski definition) is 3. The largest absolute Gasteiger partial charge is 0.387 e. The first-order valence-electron chi connectivity index (χ1n) is 8.96. The number of benzene rings is 2. The maximum absolute atomic E-state index is 12.0. The van der Waals surface area contributed by atoms with Crippen LogP contribution in [0, 0.1) is 0 Å². The number of aliphatic hydroxyl groups excluding tert-OH is 1. The summed E-state index contributed by atoms with van der Waals surface area (Å²) in [5.74, 6) is -0.00382. The summed E-state index contributed by atoms with van der Waals surface area (Å²) < 4.78 is 0. The molecule has 0 aromatic heterocycles. The summed E-state index contributed by atoms with van der Waals surface area (Å²) in [6.45, 7) is 1.28. The summed E-state index contributed by atoms with van der Waals surface area (Å²) >= 11 is 0. The Labute approximate surface area is 149 Å². The standard InChI is InChI=1S/C21H26N2O2/c1-23-13-12-17-14-18(10-11-19(17)23)20(24)15-22-21(25)9-5-8-16-6-3-2-4-7-16/h2-4,6-7,10-11,14,20,24H,5,8-9,12-13,15H2,1H3,(H,22,25). The maximum Gasteiger partial charge on any atom is 0.220 e. The first-order chi connectivity index (χ1) is 12.1. The van der Waals surface area contributed by atoms with Crippen LogP contribution in [0.4, 0.5) is 5.69 Å². The number of nitrogens with one attached hydrogen (secondary N) is 1. The average Bonchev–Trinajstić information content (AvgIpc) is 3.01. The topological polar surface area (TPSA) is 52.6 Å². The Morgan fingerprint density at radius 3 is 2.84 bits per heavy atom. The number of amides is 1. The highest BCUT2D eigenvalue weighted by molar-refractivity contribution is 5.75. The Bertz CT molecular complexity index is 715. The van der Waals surface area contributed by atoms with Crippen LogP contribution in [0.2, 0.25) is 0 Å². The van der Waals surface area contributed by atoms with Crippen molar-refractivity contribution < 1.29 is 9.90 Å². The Morgan fingerprint density at radius 2 is 2.04 bits per heavy atom. The van der Waals surface area contributed by atoms with Gasteiger partial charge in [0.25, 0.3) is 0 Å². The lowest BCUT2D eigenvalue weighted by atomic mass is 10.0. The zero-order valence-corrected chi connectivity index (χ0v) is 14.7. The van der Waals surface area contributed by atoms with E-state index in [0.29, 0.717) is 6.42 Å². The second kappa shape index (κ2) is 8.17. The molecule has 0 radical (unpaired) electrons. The minimum atomic E-state index is -0.658. The molecule has 0 saturated heterocycles. The van der Waals surface area contributed by atoms with Crippen molar-refractivity contribution in [3.05, 3.63) is 65.2 Å². The number of carbonyl (C=O) groups excluding carboxylic acids is 1. The lowest BCUT2D eigenvalue weighted by molar-refractivity contribution is -0.121. The van der Waals surface area contributed by atoms with Gasteiger partial charge in [0.05, 0.1) is 6.10 Å². The molecule has 3 rings (SSSR count). The number of rotatable bonds is 7. The zero-order valence-electron chi connectivity index (χ0n) is 14.7. The molecule has 0 spiro atoms. The van der Waals surface area contributed by atoms with Crippen LogP contribution in [-0.4, -0.2) is 31.2 Å². The highest BCUT2D eigenvalue weighted by Gasteiger charge is 2.18. The molecule has 4 heteroatoms. The molecule has 0 aliphatic carbocycles. The number of carbonyl (C=O) groups is 1. The SMILES string of the molecule is CN1CCc2cc(C(O)CNC(=O)CCCc3ccccc3)ccc21. The fraction of sp³-hybridized carbons (Fsp3) is 0.381. The number of anilines is 1. The number of hydrogen-bond donors (Lipinski definition) is 2. The van der Waals surface area contributed by atoms with Gasteiger partial charge in [-0.3, -0.25) is 4.79 Å². The van der Waals surface area contributed by atoms with Gasteiger partial charge in [-0.2, -0.15) is 0 Å². The van der Waals surface area contributed by atoms with Gasteiger partial charge in [-0.15, -0.1) is 0 Å². The lowest BCUT2D eigenvalue weighted by Gasteiger charge is -2.15. The third-order valence-electron chi connectivity index (χ3n) is 4.82. The zero-order chi connectivity index (χ0) is 17.6. The van der Waals surface area contributed by atoms with Crippen molar-refractivity contribution in [1.29, 1.82) is 0 Å². The molecule has 1 unspecified atom stereocenters. The normalized spacial score (nSPS) is 14.2. The summed E-state index contributed by atoms with van der Waals surface area (Å²) in [5.41, 5.74) is 4.63. The Balaban J connectivity index is 1.42. The van der Waals surface area contributed by atoms with Gasteiger partial charge in [0.1, 0.15) is 0 Å². The molecule has 132 valence electrons. The third-order valence-corrected chi connectivity index (χ3v) is 4.82. The molecule has 1 aliphatic rings. The first-order valence-corrected chi connectivity index (χ1v) is 8.96.